The van der Waals surface area contributed by atoms with Crippen molar-refractivity contribution in [3.8, 4) is 11.1 Å². The zero-order valence-electron chi connectivity index (χ0n) is 28.0. The maximum absolute atomic E-state index is 6.54. The van der Waals surface area contributed by atoms with Gasteiger partial charge in [0.15, 0.2) is 0 Å². The molecule has 1 aliphatic rings. The van der Waals surface area contributed by atoms with E-state index in [1.165, 1.54) is 27.1 Å². The third-order valence-corrected chi connectivity index (χ3v) is 10.6. The molecular formula is C47H31N3O2. The van der Waals surface area contributed by atoms with Crippen LogP contribution in [-0.4, -0.2) is 5.84 Å². The molecule has 2 atom stereocenters. The lowest BCUT2D eigenvalue weighted by Gasteiger charge is -2.32. The van der Waals surface area contributed by atoms with E-state index in [0.717, 1.165) is 72.0 Å². The van der Waals surface area contributed by atoms with Gasteiger partial charge >= 0.3 is 0 Å². The van der Waals surface area contributed by atoms with Crippen molar-refractivity contribution in [2.45, 2.75) is 12.3 Å². The van der Waals surface area contributed by atoms with Crippen LogP contribution < -0.4 is 10.6 Å². The van der Waals surface area contributed by atoms with E-state index < -0.39 is 6.17 Å². The number of nitrogens with one attached hydrogen (secondary N) is 2. The summed E-state index contributed by atoms with van der Waals surface area (Å²) in [7, 11) is 0. The number of furan rings is 2. The van der Waals surface area contributed by atoms with Crippen molar-refractivity contribution in [1.82, 2.24) is 10.6 Å². The second-order valence-corrected chi connectivity index (χ2v) is 13.6. The van der Waals surface area contributed by atoms with Crippen LogP contribution in [0.1, 0.15) is 29.0 Å². The van der Waals surface area contributed by atoms with Crippen molar-refractivity contribution in [1.29, 1.82) is 0 Å². The van der Waals surface area contributed by atoms with Crippen LogP contribution in [0, 0.1) is 0 Å². The molecule has 0 spiro atoms. The monoisotopic (exact) mass is 669 g/mol. The Bertz CT molecular complexity index is 3050. The highest BCUT2D eigenvalue weighted by atomic mass is 16.3. The van der Waals surface area contributed by atoms with Gasteiger partial charge in [-0.25, -0.2) is 4.99 Å². The van der Waals surface area contributed by atoms with Crippen LogP contribution in [0.15, 0.2) is 178 Å². The Hall–Kier alpha value is -6.69. The molecule has 5 nitrogen and oxygen atoms in total. The average Bonchev–Trinajstić information content (AvgIpc) is 3.79. The third-order valence-electron chi connectivity index (χ3n) is 10.6. The van der Waals surface area contributed by atoms with Gasteiger partial charge in [-0.05, 0) is 63.0 Å². The van der Waals surface area contributed by atoms with Gasteiger partial charge in [0.1, 0.15) is 40.5 Å². The van der Waals surface area contributed by atoms with Crippen molar-refractivity contribution in [2.75, 3.05) is 0 Å². The Morgan fingerprint density at radius 3 is 2.10 bits per heavy atom. The molecule has 0 saturated heterocycles. The van der Waals surface area contributed by atoms with Crippen LogP contribution in [0.25, 0.3) is 76.5 Å². The third kappa shape index (κ3) is 4.57. The predicted octanol–water partition coefficient (Wildman–Crippen LogP) is 11.8. The van der Waals surface area contributed by atoms with Gasteiger partial charge < -0.3 is 14.2 Å². The highest BCUT2D eigenvalue weighted by molar-refractivity contribution is 6.12. The summed E-state index contributed by atoms with van der Waals surface area (Å²) in [5, 5.41) is 16.9. The Labute approximate surface area is 298 Å². The van der Waals surface area contributed by atoms with Gasteiger partial charge in [0.25, 0.3) is 0 Å². The zero-order chi connectivity index (χ0) is 34.2. The molecular weight excluding hydrogens is 639 g/mol. The van der Waals surface area contributed by atoms with E-state index in [1.54, 1.807) is 0 Å². The lowest BCUT2D eigenvalue weighted by molar-refractivity contribution is 0.410. The van der Waals surface area contributed by atoms with Gasteiger partial charge in [0.05, 0.1) is 0 Å². The fraction of sp³-hybridized carbons (Fsp3) is 0.0426. The maximum Gasteiger partial charge on any atom is 0.142 e. The second kappa shape index (κ2) is 11.4. The minimum Gasteiger partial charge on any atom is -0.456 e. The van der Waals surface area contributed by atoms with Crippen LogP contribution in [0.2, 0.25) is 0 Å². The zero-order valence-corrected chi connectivity index (χ0v) is 28.0. The summed E-state index contributed by atoms with van der Waals surface area (Å²) in [6.07, 6.45) is -0.694. The summed E-state index contributed by atoms with van der Waals surface area (Å²) < 4.78 is 13.0. The molecule has 2 unspecified atom stereocenters. The minimum atomic E-state index is -0.397. The molecule has 3 heterocycles. The van der Waals surface area contributed by atoms with E-state index in [4.69, 9.17) is 13.8 Å². The maximum atomic E-state index is 6.54. The molecule has 52 heavy (non-hydrogen) atoms. The molecule has 11 rings (SSSR count). The first-order valence-electron chi connectivity index (χ1n) is 17.7. The van der Waals surface area contributed by atoms with Crippen LogP contribution >= 0.6 is 0 Å². The highest BCUT2D eigenvalue weighted by Crippen LogP contribution is 2.40. The first-order chi connectivity index (χ1) is 25.7. The Kier molecular flexibility index (Phi) is 6.39. The first kappa shape index (κ1) is 29.1. The summed E-state index contributed by atoms with van der Waals surface area (Å²) in [4.78, 5) is 5.38. The second-order valence-electron chi connectivity index (χ2n) is 13.6. The topological polar surface area (TPSA) is 62.7 Å². The summed E-state index contributed by atoms with van der Waals surface area (Å²) in [5.74, 6) is 0.812. The van der Waals surface area contributed by atoms with Crippen molar-refractivity contribution in [3.05, 3.63) is 180 Å². The predicted molar refractivity (Wildman–Crippen MR) is 213 cm³/mol. The number of nitrogens with zero attached hydrogens (tertiary/aromatic N) is 1. The van der Waals surface area contributed by atoms with Crippen LogP contribution in [0.3, 0.4) is 0 Å². The van der Waals surface area contributed by atoms with E-state index in [0.29, 0.717) is 0 Å². The van der Waals surface area contributed by atoms with Gasteiger partial charge in [-0.15, -0.1) is 0 Å². The highest BCUT2D eigenvalue weighted by Gasteiger charge is 2.30. The summed E-state index contributed by atoms with van der Waals surface area (Å²) >= 11 is 0. The minimum absolute atomic E-state index is 0.297. The normalized spacial score (nSPS) is 16.3. The summed E-state index contributed by atoms with van der Waals surface area (Å²) in [5.41, 5.74) is 8.82. The average molecular weight is 670 g/mol. The van der Waals surface area contributed by atoms with Crippen molar-refractivity contribution >= 4 is 71.3 Å². The number of benzene rings is 8. The van der Waals surface area contributed by atoms with Crippen molar-refractivity contribution in [2.24, 2.45) is 4.99 Å². The lowest BCUT2D eigenvalue weighted by atomic mass is 9.98. The smallest absolute Gasteiger partial charge is 0.142 e. The Morgan fingerprint density at radius 2 is 1.15 bits per heavy atom. The van der Waals surface area contributed by atoms with E-state index in [9.17, 15) is 0 Å². The molecule has 0 bridgehead atoms. The molecule has 2 N–H and O–H groups in total. The first-order valence-corrected chi connectivity index (χ1v) is 17.7. The van der Waals surface area contributed by atoms with E-state index >= 15 is 0 Å². The Balaban J connectivity index is 1.10. The van der Waals surface area contributed by atoms with E-state index in [-0.39, 0.29) is 6.17 Å². The molecule has 0 aliphatic carbocycles. The molecule has 1 aliphatic heterocycles. The molecule has 0 saturated carbocycles. The van der Waals surface area contributed by atoms with Gasteiger partial charge in [0.2, 0.25) is 0 Å². The van der Waals surface area contributed by atoms with Crippen LogP contribution in [0.5, 0.6) is 0 Å². The van der Waals surface area contributed by atoms with Gasteiger partial charge in [0, 0.05) is 38.2 Å². The fourth-order valence-corrected chi connectivity index (χ4v) is 8.07. The standard InChI is InChI=1S/C47H31N3O2/c1-2-10-28(11-3-1)30-23-25-41-39(27-30)43-37(16-9-19-42(43)51-41)46-48-45(32-22-24-34-31(26-32)21-20-29-12-4-5-13-33(29)34)49-47(50-46)38-17-8-15-36-35-14-6-7-18-40(35)52-44(36)38/h1-27,46-47,50H,(H,48,49). The van der Waals surface area contributed by atoms with Gasteiger partial charge in [-0.1, -0.05) is 133 Å². The van der Waals surface area contributed by atoms with Crippen LogP contribution in [-0.2, 0) is 0 Å². The van der Waals surface area contributed by atoms with Crippen molar-refractivity contribution < 1.29 is 8.83 Å². The summed E-state index contributed by atoms with van der Waals surface area (Å²) in [6.45, 7) is 0. The van der Waals surface area contributed by atoms with E-state index in [1.807, 2.05) is 18.2 Å². The van der Waals surface area contributed by atoms with Gasteiger partial charge in [-0.3, -0.25) is 5.32 Å². The Morgan fingerprint density at radius 1 is 0.442 bits per heavy atom. The number of rotatable bonds is 4. The molecule has 2 aromatic heterocycles. The van der Waals surface area contributed by atoms with Gasteiger partial charge in [-0.2, -0.15) is 0 Å². The SMILES string of the molecule is c1ccc(-c2ccc3oc4cccc(C5NC(c6ccc7c(ccc8ccccc87)c6)=NC(c6cccc7c6oc6ccccc67)N5)c4c3c2)cc1. The number of amidine groups is 1. The number of hydrogen-bond donors (Lipinski definition) is 2. The molecule has 0 fully saturated rings. The quantitative estimate of drug-likeness (QED) is 0.183. The largest absolute Gasteiger partial charge is 0.456 e. The molecule has 8 aromatic carbocycles. The lowest BCUT2D eigenvalue weighted by Crippen LogP contribution is -2.45. The molecule has 0 amide bonds. The van der Waals surface area contributed by atoms with E-state index in [2.05, 4.69) is 156 Å². The molecule has 10 aromatic rings. The number of hydrogen-bond acceptors (Lipinski definition) is 5. The number of fused-ring (bicyclic) bond motifs is 9. The van der Waals surface area contributed by atoms with Crippen LogP contribution in [0.4, 0.5) is 0 Å². The van der Waals surface area contributed by atoms with Crippen molar-refractivity contribution in [3.63, 3.8) is 0 Å². The molecule has 0 radical (unpaired) electrons. The fourth-order valence-electron chi connectivity index (χ4n) is 8.07. The molecule has 246 valence electrons. The number of aliphatic imine (C=N–C) groups is 1. The summed E-state index contributed by atoms with van der Waals surface area (Å²) in [6, 6.07) is 57.4. The number of para-hydroxylation sites is 2. The molecule has 5 heteroatoms.